The molecule has 1 N–H and O–H groups in total. The molecule has 0 saturated carbocycles. The van der Waals surface area contributed by atoms with Gasteiger partial charge in [0.05, 0.1) is 6.54 Å². The third-order valence-electron chi connectivity index (χ3n) is 4.81. The topological polar surface area (TPSA) is 50.9 Å². The quantitative estimate of drug-likeness (QED) is 0.721. The summed E-state index contributed by atoms with van der Waals surface area (Å²) < 4.78 is 1.65. The van der Waals surface area contributed by atoms with Gasteiger partial charge in [-0.15, -0.1) is 0 Å². The molecule has 1 atom stereocenters. The van der Waals surface area contributed by atoms with Crippen molar-refractivity contribution in [1.29, 1.82) is 0 Å². The van der Waals surface area contributed by atoms with E-state index in [1.807, 2.05) is 30.3 Å². The molecule has 1 aliphatic rings. The summed E-state index contributed by atoms with van der Waals surface area (Å²) in [6, 6.07) is 13.4. The highest BCUT2D eigenvalue weighted by molar-refractivity contribution is 6.35. The maximum atomic E-state index is 11.7. The van der Waals surface area contributed by atoms with E-state index in [9.17, 15) is 5.11 Å². The van der Waals surface area contributed by atoms with E-state index >= 15 is 0 Å². The number of halogens is 2. The molecule has 4 nitrogen and oxygen atoms in total. The molecule has 0 spiro atoms. The lowest BCUT2D eigenvalue weighted by atomic mass is 9.74. The van der Waals surface area contributed by atoms with Gasteiger partial charge in [0.15, 0.2) is 0 Å². The molecule has 3 aromatic rings. The molecular weight excluding hydrogens is 369 g/mol. The number of aliphatic hydroxyl groups is 1. The van der Waals surface area contributed by atoms with Crippen LogP contribution in [-0.4, -0.2) is 19.9 Å². The highest BCUT2D eigenvalue weighted by Gasteiger charge is 2.39. The molecule has 0 bridgehead atoms. The van der Waals surface area contributed by atoms with Gasteiger partial charge in [-0.25, -0.2) is 9.67 Å². The van der Waals surface area contributed by atoms with Crippen LogP contribution in [0.1, 0.15) is 23.1 Å². The Labute approximate surface area is 161 Å². The minimum absolute atomic E-state index is 0.293. The van der Waals surface area contributed by atoms with Crippen LogP contribution in [0.25, 0.3) is 6.08 Å². The zero-order valence-electron chi connectivity index (χ0n) is 13.9. The van der Waals surface area contributed by atoms with E-state index in [1.54, 1.807) is 23.1 Å². The first-order chi connectivity index (χ1) is 12.6. The van der Waals surface area contributed by atoms with Gasteiger partial charge in [-0.1, -0.05) is 59.6 Å². The van der Waals surface area contributed by atoms with Crippen LogP contribution < -0.4 is 0 Å². The van der Waals surface area contributed by atoms with E-state index in [-0.39, 0.29) is 0 Å². The second-order valence-corrected chi connectivity index (χ2v) is 7.29. The van der Waals surface area contributed by atoms with Crippen LogP contribution in [0.2, 0.25) is 10.0 Å². The van der Waals surface area contributed by atoms with Gasteiger partial charge in [-0.3, -0.25) is 0 Å². The molecule has 0 fully saturated rings. The van der Waals surface area contributed by atoms with Gasteiger partial charge < -0.3 is 5.11 Å². The normalized spacial score (nSPS) is 21.0. The molecule has 132 valence electrons. The Balaban J connectivity index is 1.83. The Hall–Kier alpha value is -2.14. The summed E-state index contributed by atoms with van der Waals surface area (Å²) in [5.74, 6) is 0. The summed E-state index contributed by atoms with van der Waals surface area (Å²) in [5, 5.41) is 17.1. The number of rotatable bonds is 3. The van der Waals surface area contributed by atoms with E-state index in [0.29, 0.717) is 16.6 Å². The first-order valence-electron chi connectivity index (χ1n) is 8.35. The summed E-state index contributed by atoms with van der Waals surface area (Å²) in [5.41, 5.74) is 2.61. The average Bonchev–Trinajstić information content (AvgIpc) is 3.12. The lowest BCUT2D eigenvalue weighted by Crippen LogP contribution is -2.37. The van der Waals surface area contributed by atoms with Crippen molar-refractivity contribution in [2.45, 2.75) is 25.0 Å². The molecule has 0 aliphatic heterocycles. The van der Waals surface area contributed by atoms with Crippen molar-refractivity contribution < 1.29 is 5.11 Å². The molecule has 2 aromatic carbocycles. The van der Waals surface area contributed by atoms with Crippen LogP contribution in [0, 0.1) is 0 Å². The van der Waals surface area contributed by atoms with Gasteiger partial charge in [0.2, 0.25) is 0 Å². The molecule has 0 radical (unpaired) electrons. The number of nitrogens with zero attached hydrogens (tertiary/aromatic N) is 3. The maximum Gasteiger partial charge on any atom is 0.137 e. The summed E-state index contributed by atoms with van der Waals surface area (Å²) in [7, 11) is 0. The van der Waals surface area contributed by atoms with Crippen LogP contribution in [0.15, 0.2) is 60.7 Å². The molecular formula is C20H17Cl2N3O. The number of aromatic nitrogens is 3. The van der Waals surface area contributed by atoms with Gasteiger partial charge >= 0.3 is 0 Å². The third-order valence-corrected chi connectivity index (χ3v) is 5.37. The fraction of sp³-hybridized carbons (Fsp3) is 0.200. The second kappa shape index (κ2) is 6.88. The number of fused-ring (bicyclic) bond motifs is 1. The average molecular weight is 386 g/mol. The fourth-order valence-electron chi connectivity index (χ4n) is 3.52. The maximum absolute atomic E-state index is 11.7. The SMILES string of the molecule is O[C@@]1(Cn2cncn2)/C(=C/c2ccc(Cl)cc2Cl)CCc2ccccc21. The summed E-state index contributed by atoms with van der Waals surface area (Å²) >= 11 is 12.4. The molecule has 0 amide bonds. The van der Waals surface area contributed by atoms with Crippen molar-refractivity contribution >= 4 is 29.3 Å². The zero-order chi connectivity index (χ0) is 18.1. The number of hydrogen-bond acceptors (Lipinski definition) is 3. The second-order valence-electron chi connectivity index (χ2n) is 6.45. The smallest absolute Gasteiger partial charge is 0.137 e. The van der Waals surface area contributed by atoms with Crippen molar-refractivity contribution in [3.05, 3.63) is 87.4 Å². The predicted molar refractivity (Wildman–Crippen MR) is 103 cm³/mol. The van der Waals surface area contributed by atoms with Gasteiger partial charge in [0.25, 0.3) is 0 Å². The predicted octanol–water partition coefficient (Wildman–Crippen LogP) is 4.50. The monoisotopic (exact) mass is 385 g/mol. The summed E-state index contributed by atoms with van der Waals surface area (Å²) in [6.45, 7) is 0.293. The lowest BCUT2D eigenvalue weighted by Gasteiger charge is -2.37. The Morgan fingerprint density at radius 2 is 2.00 bits per heavy atom. The van der Waals surface area contributed by atoms with E-state index in [1.165, 1.54) is 6.33 Å². The van der Waals surface area contributed by atoms with Crippen molar-refractivity contribution in [3.8, 4) is 0 Å². The number of aryl methyl sites for hydroxylation is 1. The van der Waals surface area contributed by atoms with Gasteiger partial charge in [-0.2, -0.15) is 5.10 Å². The van der Waals surface area contributed by atoms with Crippen molar-refractivity contribution in [3.63, 3.8) is 0 Å². The highest BCUT2D eigenvalue weighted by atomic mass is 35.5. The van der Waals surface area contributed by atoms with Crippen molar-refractivity contribution in [2.75, 3.05) is 0 Å². The number of benzene rings is 2. The molecule has 1 aliphatic carbocycles. The van der Waals surface area contributed by atoms with Crippen LogP contribution in [0.3, 0.4) is 0 Å². The van der Waals surface area contributed by atoms with Crippen molar-refractivity contribution in [2.24, 2.45) is 0 Å². The van der Waals surface area contributed by atoms with E-state index < -0.39 is 5.60 Å². The van der Waals surface area contributed by atoms with Gasteiger partial charge in [-0.05, 0) is 47.2 Å². The van der Waals surface area contributed by atoms with Crippen LogP contribution in [0.5, 0.6) is 0 Å². The van der Waals surface area contributed by atoms with E-state index in [2.05, 4.69) is 16.1 Å². The summed E-state index contributed by atoms with van der Waals surface area (Å²) in [6.07, 6.45) is 6.65. The van der Waals surface area contributed by atoms with Crippen LogP contribution >= 0.6 is 23.2 Å². The molecule has 1 heterocycles. The largest absolute Gasteiger partial charge is 0.379 e. The molecule has 6 heteroatoms. The highest BCUT2D eigenvalue weighted by Crippen LogP contribution is 2.42. The lowest BCUT2D eigenvalue weighted by molar-refractivity contribution is 0.0456. The van der Waals surface area contributed by atoms with Crippen molar-refractivity contribution in [1.82, 2.24) is 14.8 Å². The van der Waals surface area contributed by atoms with E-state index in [0.717, 1.165) is 35.1 Å². The summed E-state index contributed by atoms with van der Waals surface area (Å²) in [4.78, 5) is 3.99. The minimum atomic E-state index is -1.18. The molecule has 4 rings (SSSR count). The first-order valence-corrected chi connectivity index (χ1v) is 9.11. The Morgan fingerprint density at radius 3 is 2.77 bits per heavy atom. The zero-order valence-corrected chi connectivity index (χ0v) is 15.5. The van der Waals surface area contributed by atoms with Crippen LogP contribution in [0.4, 0.5) is 0 Å². The molecule has 1 aromatic heterocycles. The Kier molecular flexibility index (Phi) is 4.57. The fourth-order valence-corrected chi connectivity index (χ4v) is 3.99. The van der Waals surface area contributed by atoms with Crippen LogP contribution in [-0.2, 0) is 18.6 Å². The van der Waals surface area contributed by atoms with Gasteiger partial charge in [0, 0.05) is 10.0 Å². The molecule has 0 saturated heterocycles. The van der Waals surface area contributed by atoms with E-state index in [4.69, 9.17) is 23.2 Å². The molecule has 26 heavy (non-hydrogen) atoms. The van der Waals surface area contributed by atoms with Gasteiger partial charge in [0.1, 0.15) is 18.3 Å². The number of hydrogen-bond donors (Lipinski definition) is 1. The molecule has 0 unspecified atom stereocenters. The third kappa shape index (κ3) is 3.16. The Bertz CT molecular complexity index is 969. The minimum Gasteiger partial charge on any atom is -0.379 e. The standard InChI is InChI=1S/C20H17Cl2N3O/c21-17-8-6-15(19(22)10-17)9-16-7-5-14-3-1-2-4-18(14)20(16,26)11-25-13-23-12-24-25/h1-4,6,8-10,12-13,26H,5,7,11H2/b16-9+/t20-/m0/s1. The Morgan fingerprint density at radius 1 is 1.15 bits per heavy atom. The first kappa shape index (κ1) is 17.3.